The topological polar surface area (TPSA) is 42.2 Å². The number of nitrogen functional groups attached to an aromatic ring is 1. The van der Waals surface area contributed by atoms with Gasteiger partial charge in [-0.05, 0) is 37.9 Å². The molecule has 0 spiro atoms. The van der Waals surface area contributed by atoms with Crippen molar-refractivity contribution in [2.24, 2.45) is 0 Å². The van der Waals surface area contributed by atoms with Crippen LogP contribution >= 0.6 is 11.6 Å². The molecule has 17 heavy (non-hydrogen) atoms. The van der Waals surface area contributed by atoms with Gasteiger partial charge in [0.25, 0.3) is 0 Å². The van der Waals surface area contributed by atoms with E-state index >= 15 is 0 Å². The second-order valence-corrected chi connectivity index (χ2v) is 5.13. The molecule has 1 aliphatic rings. The van der Waals surface area contributed by atoms with Crippen molar-refractivity contribution in [1.82, 2.24) is 9.88 Å². The van der Waals surface area contributed by atoms with Gasteiger partial charge in [-0.2, -0.15) is 0 Å². The van der Waals surface area contributed by atoms with Gasteiger partial charge in [0.15, 0.2) is 0 Å². The van der Waals surface area contributed by atoms with Crippen LogP contribution in [0.2, 0.25) is 5.02 Å². The fraction of sp³-hybridized carbons (Fsp3) is 0.615. The molecule has 1 aliphatic carbocycles. The summed E-state index contributed by atoms with van der Waals surface area (Å²) in [6, 6.07) is 4.32. The van der Waals surface area contributed by atoms with Crippen LogP contribution in [0, 0.1) is 0 Å². The lowest BCUT2D eigenvalue weighted by molar-refractivity contribution is 0.248. The lowest BCUT2D eigenvalue weighted by Crippen LogP contribution is -2.27. The van der Waals surface area contributed by atoms with Crippen molar-refractivity contribution in [2.75, 3.05) is 12.3 Å². The van der Waals surface area contributed by atoms with Gasteiger partial charge in [-0.3, -0.25) is 4.90 Å². The van der Waals surface area contributed by atoms with Crippen molar-refractivity contribution < 1.29 is 0 Å². The zero-order chi connectivity index (χ0) is 12.3. The molecule has 1 saturated carbocycles. The highest BCUT2D eigenvalue weighted by molar-refractivity contribution is 6.31. The predicted molar refractivity (Wildman–Crippen MR) is 72.0 cm³/mol. The summed E-state index contributed by atoms with van der Waals surface area (Å²) in [6.45, 7) is 4.18. The molecule has 2 N–H and O–H groups in total. The fourth-order valence-corrected chi connectivity index (χ4v) is 2.16. The Bertz CT molecular complexity index is 377. The third-order valence-corrected chi connectivity index (χ3v) is 3.50. The predicted octanol–water partition coefficient (Wildman–Crippen LogP) is 3.08. The van der Waals surface area contributed by atoms with Crippen LogP contribution in [0.5, 0.6) is 0 Å². The molecule has 1 heterocycles. The van der Waals surface area contributed by atoms with Gasteiger partial charge in [0, 0.05) is 12.6 Å². The molecule has 1 aromatic heterocycles. The highest BCUT2D eigenvalue weighted by Crippen LogP contribution is 2.29. The molecule has 0 aromatic carbocycles. The monoisotopic (exact) mass is 253 g/mol. The lowest BCUT2D eigenvalue weighted by atomic mass is 10.2. The minimum absolute atomic E-state index is 0.552. The van der Waals surface area contributed by atoms with E-state index in [4.69, 9.17) is 17.3 Å². The van der Waals surface area contributed by atoms with E-state index < -0.39 is 0 Å². The van der Waals surface area contributed by atoms with Gasteiger partial charge in [0.05, 0.1) is 10.7 Å². The number of rotatable bonds is 6. The molecular formula is C13H20ClN3. The van der Waals surface area contributed by atoms with Gasteiger partial charge < -0.3 is 5.73 Å². The van der Waals surface area contributed by atoms with E-state index in [0.29, 0.717) is 5.82 Å². The van der Waals surface area contributed by atoms with Crippen LogP contribution in [-0.2, 0) is 6.54 Å². The van der Waals surface area contributed by atoms with Gasteiger partial charge in [-0.1, -0.05) is 24.9 Å². The summed E-state index contributed by atoms with van der Waals surface area (Å²) in [7, 11) is 0. The zero-order valence-electron chi connectivity index (χ0n) is 10.3. The first kappa shape index (κ1) is 12.7. The summed E-state index contributed by atoms with van der Waals surface area (Å²) in [5, 5.41) is 0.723. The maximum absolute atomic E-state index is 6.15. The van der Waals surface area contributed by atoms with E-state index in [9.17, 15) is 0 Å². The summed E-state index contributed by atoms with van der Waals surface area (Å²) in [5.74, 6) is 0.552. The Morgan fingerprint density at radius 2 is 2.24 bits per heavy atom. The molecule has 0 radical (unpaired) electrons. The number of halogens is 1. The summed E-state index contributed by atoms with van der Waals surface area (Å²) in [5.41, 5.74) is 6.62. The molecule has 0 bridgehead atoms. The van der Waals surface area contributed by atoms with Crippen molar-refractivity contribution in [3.63, 3.8) is 0 Å². The van der Waals surface area contributed by atoms with Crippen molar-refractivity contribution in [1.29, 1.82) is 0 Å². The highest BCUT2D eigenvalue weighted by atomic mass is 35.5. The average Bonchev–Trinajstić information content (AvgIpc) is 3.13. The maximum Gasteiger partial charge on any atom is 0.123 e. The minimum atomic E-state index is 0.552. The van der Waals surface area contributed by atoms with Gasteiger partial charge in [-0.25, -0.2) is 4.98 Å². The number of anilines is 1. The fourth-order valence-electron chi connectivity index (χ4n) is 2.00. The van der Waals surface area contributed by atoms with E-state index in [1.54, 1.807) is 6.07 Å². The standard InChI is InChI=1S/C13H20ClN3/c1-2-3-8-17(10-4-5-10)9-12-11(14)6-7-13(15)16-12/h6-7,10H,2-5,8-9H2,1H3,(H2,15,16). The third kappa shape index (κ3) is 3.58. The number of pyridine rings is 1. The first-order valence-electron chi connectivity index (χ1n) is 6.35. The van der Waals surface area contributed by atoms with Crippen LogP contribution < -0.4 is 5.73 Å². The Labute approximate surface area is 108 Å². The minimum Gasteiger partial charge on any atom is -0.384 e. The lowest BCUT2D eigenvalue weighted by Gasteiger charge is -2.21. The van der Waals surface area contributed by atoms with Crippen LogP contribution in [0.15, 0.2) is 12.1 Å². The van der Waals surface area contributed by atoms with Gasteiger partial charge >= 0.3 is 0 Å². The molecular weight excluding hydrogens is 234 g/mol. The van der Waals surface area contributed by atoms with E-state index in [-0.39, 0.29) is 0 Å². The summed E-state index contributed by atoms with van der Waals surface area (Å²) in [6.07, 6.45) is 5.07. The summed E-state index contributed by atoms with van der Waals surface area (Å²) >= 11 is 6.15. The van der Waals surface area contributed by atoms with Gasteiger partial charge in [-0.15, -0.1) is 0 Å². The molecule has 1 fully saturated rings. The number of hydrogen-bond acceptors (Lipinski definition) is 3. The largest absolute Gasteiger partial charge is 0.384 e. The number of unbranched alkanes of at least 4 members (excludes halogenated alkanes) is 1. The van der Waals surface area contributed by atoms with E-state index in [1.807, 2.05) is 6.07 Å². The molecule has 0 saturated heterocycles. The van der Waals surface area contributed by atoms with Gasteiger partial charge in [0.2, 0.25) is 0 Å². The van der Waals surface area contributed by atoms with Crippen LogP contribution in [0.1, 0.15) is 38.3 Å². The number of nitrogens with zero attached hydrogens (tertiary/aromatic N) is 2. The maximum atomic E-state index is 6.15. The SMILES string of the molecule is CCCCN(Cc1nc(N)ccc1Cl)C1CC1. The Morgan fingerprint density at radius 1 is 1.47 bits per heavy atom. The normalized spacial score (nSPS) is 15.5. The summed E-state index contributed by atoms with van der Waals surface area (Å²) in [4.78, 5) is 6.82. The van der Waals surface area contributed by atoms with E-state index in [2.05, 4.69) is 16.8 Å². The highest BCUT2D eigenvalue weighted by Gasteiger charge is 2.29. The zero-order valence-corrected chi connectivity index (χ0v) is 11.1. The molecule has 94 valence electrons. The Morgan fingerprint density at radius 3 is 2.88 bits per heavy atom. The number of hydrogen-bond donors (Lipinski definition) is 1. The molecule has 4 heteroatoms. The van der Waals surface area contributed by atoms with Crippen molar-refractivity contribution in [2.45, 2.75) is 45.2 Å². The van der Waals surface area contributed by atoms with Crippen LogP contribution in [0.4, 0.5) is 5.82 Å². The molecule has 0 unspecified atom stereocenters. The molecule has 0 aliphatic heterocycles. The van der Waals surface area contributed by atoms with Crippen LogP contribution in [-0.4, -0.2) is 22.5 Å². The second-order valence-electron chi connectivity index (χ2n) is 4.72. The molecule has 3 nitrogen and oxygen atoms in total. The average molecular weight is 254 g/mol. The van der Waals surface area contributed by atoms with Crippen molar-refractivity contribution >= 4 is 17.4 Å². The smallest absolute Gasteiger partial charge is 0.123 e. The molecule has 1 aromatic rings. The van der Waals surface area contributed by atoms with E-state index in [0.717, 1.165) is 29.8 Å². The van der Waals surface area contributed by atoms with Gasteiger partial charge in [0.1, 0.15) is 5.82 Å². The quantitative estimate of drug-likeness (QED) is 0.847. The van der Waals surface area contributed by atoms with Crippen molar-refractivity contribution in [3.05, 3.63) is 22.8 Å². The van der Waals surface area contributed by atoms with Crippen molar-refractivity contribution in [3.8, 4) is 0 Å². The third-order valence-electron chi connectivity index (χ3n) is 3.16. The number of nitrogens with two attached hydrogens (primary N) is 1. The Hall–Kier alpha value is -0.800. The molecule has 2 rings (SSSR count). The van der Waals surface area contributed by atoms with Crippen LogP contribution in [0.25, 0.3) is 0 Å². The van der Waals surface area contributed by atoms with Crippen LogP contribution in [0.3, 0.4) is 0 Å². The first-order chi connectivity index (χ1) is 8.20. The Kier molecular flexibility index (Phi) is 4.24. The second kappa shape index (κ2) is 5.69. The summed E-state index contributed by atoms with van der Waals surface area (Å²) < 4.78 is 0. The Balaban J connectivity index is 2.03. The number of aromatic nitrogens is 1. The first-order valence-corrected chi connectivity index (χ1v) is 6.73. The molecule has 0 amide bonds. The molecule has 0 atom stereocenters. The van der Waals surface area contributed by atoms with E-state index in [1.165, 1.54) is 25.7 Å².